The Morgan fingerprint density at radius 2 is 1.85 bits per heavy atom. The number of ether oxygens (including phenoxy) is 2. The Hall–Kier alpha value is -1.79. The number of morpholine rings is 1. The van der Waals surface area contributed by atoms with Gasteiger partial charge in [0.15, 0.2) is 0 Å². The summed E-state index contributed by atoms with van der Waals surface area (Å²) in [4.78, 5) is 42.3. The van der Waals surface area contributed by atoms with Crippen molar-refractivity contribution in [3.8, 4) is 0 Å². The monoisotopic (exact) mass is 482 g/mol. The first-order valence-corrected chi connectivity index (χ1v) is 12.2. The summed E-state index contributed by atoms with van der Waals surface area (Å²) in [6.45, 7) is 7.89. The zero-order valence-corrected chi connectivity index (χ0v) is 20.2. The summed E-state index contributed by atoms with van der Waals surface area (Å²) < 4.78 is 11.8. The van der Waals surface area contributed by atoms with Gasteiger partial charge in [-0.1, -0.05) is 20.8 Å². The predicted molar refractivity (Wildman–Crippen MR) is 121 cm³/mol. The van der Waals surface area contributed by atoms with Crippen LogP contribution in [-0.4, -0.2) is 120 Å². The van der Waals surface area contributed by atoms with Gasteiger partial charge < -0.3 is 40.1 Å². The molecular formula is C23H38N4O7. The van der Waals surface area contributed by atoms with E-state index in [1.807, 2.05) is 20.8 Å². The lowest BCUT2D eigenvalue weighted by Crippen LogP contribution is -2.55. The van der Waals surface area contributed by atoms with E-state index in [9.17, 15) is 24.6 Å². The molecule has 0 unspecified atom stereocenters. The largest absolute Gasteiger partial charge is 0.388 e. The lowest BCUT2D eigenvalue weighted by Gasteiger charge is -2.38. The Bertz CT molecular complexity index is 788. The Labute approximate surface area is 200 Å². The van der Waals surface area contributed by atoms with Crippen molar-refractivity contribution in [3.05, 3.63) is 0 Å². The second-order valence-electron chi connectivity index (χ2n) is 11.2. The van der Waals surface area contributed by atoms with Crippen molar-refractivity contribution in [3.63, 3.8) is 0 Å². The standard InChI is InChI=1S/C23H38N4O7/c1-23(2,3)8-19(29)27-11-14-10-26(4-5-33-14)22(32)15-6-13(9-24-15)25-18(28)7-16-20(30)21(31)17(12-27)34-16/h13-17,20-21,24,30-31H,4-12H2,1-3H3,(H,25,28)/t13-,14-,15-,16-,17+,20-,21+/m0/s1. The van der Waals surface area contributed by atoms with Crippen molar-refractivity contribution in [1.82, 2.24) is 20.4 Å². The maximum absolute atomic E-state index is 13.2. The van der Waals surface area contributed by atoms with E-state index in [1.165, 1.54) is 0 Å². The molecule has 0 radical (unpaired) electrons. The minimum absolute atomic E-state index is 0.0287. The normalized spacial score (nSPS) is 37.6. The smallest absolute Gasteiger partial charge is 0.239 e. The maximum atomic E-state index is 13.2. The molecule has 0 aromatic heterocycles. The van der Waals surface area contributed by atoms with Gasteiger partial charge in [0.1, 0.15) is 18.3 Å². The minimum atomic E-state index is -1.23. The first-order valence-electron chi connectivity index (χ1n) is 12.2. The quantitative estimate of drug-likeness (QED) is 0.344. The van der Waals surface area contributed by atoms with Crippen LogP contribution in [0, 0.1) is 5.41 Å². The summed E-state index contributed by atoms with van der Waals surface area (Å²) in [5.74, 6) is -0.456. The molecule has 11 nitrogen and oxygen atoms in total. The molecule has 4 fully saturated rings. The van der Waals surface area contributed by atoms with Gasteiger partial charge >= 0.3 is 0 Å². The van der Waals surface area contributed by atoms with Gasteiger partial charge in [0, 0.05) is 45.2 Å². The highest BCUT2D eigenvalue weighted by Crippen LogP contribution is 2.27. The van der Waals surface area contributed by atoms with Gasteiger partial charge in [-0.15, -0.1) is 0 Å². The Kier molecular flexibility index (Phi) is 7.49. The number of aliphatic hydroxyl groups is 2. The van der Waals surface area contributed by atoms with E-state index in [2.05, 4.69) is 10.6 Å². The highest BCUT2D eigenvalue weighted by molar-refractivity contribution is 5.83. The SMILES string of the molecule is CC(C)(C)CC(=O)N1C[C@@H]2CN(CCO2)C(=O)[C@@H]2C[C@@H](CN2)NC(=O)C[C@@H]2O[C@H](C1)[C@@H](O)[C@H]2O. The summed E-state index contributed by atoms with van der Waals surface area (Å²) in [5.41, 5.74) is -0.248. The molecule has 0 aromatic carbocycles. The fraction of sp³-hybridized carbons (Fsp3) is 0.870. The van der Waals surface area contributed by atoms with Crippen molar-refractivity contribution < 1.29 is 34.1 Å². The molecule has 4 aliphatic heterocycles. The fourth-order valence-electron chi connectivity index (χ4n) is 5.21. The Morgan fingerprint density at radius 3 is 2.59 bits per heavy atom. The fourth-order valence-corrected chi connectivity index (χ4v) is 5.21. The molecular weight excluding hydrogens is 444 g/mol. The van der Waals surface area contributed by atoms with E-state index >= 15 is 0 Å². The number of fused-ring (bicyclic) bond motifs is 6. The van der Waals surface area contributed by atoms with Crippen molar-refractivity contribution in [2.24, 2.45) is 5.41 Å². The number of aliphatic hydroxyl groups excluding tert-OH is 2. The van der Waals surface area contributed by atoms with Gasteiger partial charge in [-0.3, -0.25) is 14.4 Å². The van der Waals surface area contributed by atoms with Crippen molar-refractivity contribution in [2.75, 3.05) is 39.3 Å². The highest BCUT2D eigenvalue weighted by Gasteiger charge is 2.45. The third-order valence-corrected chi connectivity index (χ3v) is 6.95. The van der Waals surface area contributed by atoms with E-state index in [1.54, 1.807) is 9.80 Å². The van der Waals surface area contributed by atoms with Crippen LogP contribution in [0.25, 0.3) is 0 Å². The second-order valence-corrected chi connectivity index (χ2v) is 11.2. The van der Waals surface area contributed by atoms with Crippen LogP contribution < -0.4 is 10.6 Å². The van der Waals surface area contributed by atoms with Crippen LogP contribution in [-0.2, 0) is 23.9 Å². The highest BCUT2D eigenvalue weighted by atomic mass is 16.5. The summed E-state index contributed by atoms with van der Waals surface area (Å²) in [6, 6.07) is -0.592. The van der Waals surface area contributed by atoms with Crippen LogP contribution in [0.3, 0.4) is 0 Å². The number of rotatable bonds is 1. The van der Waals surface area contributed by atoms with Gasteiger partial charge in [0.05, 0.1) is 31.3 Å². The maximum Gasteiger partial charge on any atom is 0.239 e. The molecule has 0 spiro atoms. The summed E-state index contributed by atoms with van der Waals surface area (Å²) in [6.07, 6.45) is -3.88. The average molecular weight is 483 g/mol. The molecule has 4 aliphatic rings. The molecule has 4 N–H and O–H groups in total. The van der Waals surface area contributed by atoms with E-state index < -0.39 is 30.5 Å². The number of hydrogen-bond donors (Lipinski definition) is 4. The van der Waals surface area contributed by atoms with Crippen LogP contribution in [0.15, 0.2) is 0 Å². The van der Waals surface area contributed by atoms with Crippen LogP contribution in [0.5, 0.6) is 0 Å². The van der Waals surface area contributed by atoms with Gasteiger partial charge in [-0.2, -0.15) is 0 Å². The van der Waals surface area contributed by atoms with Gasteiger partial charge in [-0.05, 0) is 11.8 Å². The number of nitrogens with one attached hydrogen (secondary N) is 2. The molecule has 192 valence electrons. The number of carbonyl (C=O) groups excluding carboxylic acids is 3. The lowest BCUT2D eigenvalue weighted by atomic mass is 9.91. The van der Waals surface area contributed by atoms with Gasteiger partial charge in [0.2, 0.25) is 17.7 Å². The van der Waals surface area contributed by atoms with Crippen LogP contribution in [0.1, 0.15) is 40.0 Å². The van der Waals surface area contributed by atoms with Crippen LogP contribution >= 0.6 is 0 Å². The number of amides is 3. The number of carbonyl (C=O) groups is 3. The number of nitrogens with zero attached hydrogens (tertiary/aromatic N) is 2. The summed E-state index contributed by atoms with van der Waals surface area (Å²) >= 11 is 0. The molecule has 0 aromatic rings. The van der Waals surface area contributed by atoms with Crippen LogP contribution in [0.4, 0.5) is 0 Å². The van der Waals surface area contributed by atoms with Crippen molar-refractivity contribution in [1.29, 1.82) is 0 Å². The molecule has 7 atom stereocenters. The third kappa shape index (κ3) is 5.88. The lowest BCUT2D eigenvalue weighted by molar-refractivity contribution is -0.146. The minimum Gasteiger partial charge on any atom is -0.388 e. The number of hydrogen-bond acceptors (Lipinski definition) is 8. The average Bonchev–Trinajstić information content (AvgIpc) is 3.31. The molecule has 4 rings (SSSR count). The first kappa shape index (κ1) is 25.3. The summed E-state index contributed by atoms with van der Waals surface area (Å²) in [7, 11) is 0. The molecule has 3 amide bonds. The first-order chi connectivity index (χ1) is 16.0. The van der Waals surface area contributed by atoms with E-state index in [0.717, 1.165) is 0 Å². The Morgan fingerprint density at radius 1 is 1.12 bits per heavy atom. The van der Waals surface area contributed by atoms with E-state index in [0.29, 0.717) is 32.7 Å². The third-order valence-electron chi connectivity index (χ3n) is 6.95. The van der Waals surface area contributed by atoms with Crippen molar-refractivity contribution in [2.45, 2.75) is 82.6 Å². The zero-order chi connectivity index (χ0) is 24.6. The zero-order valence-electron chi connectivity index (χ0n) is 20.2. The molecule has 0 aliphatic carbocycles. The van der Waals surface area contributed by atoms with Gasteiger partial charge in [0.25, 0.3) is 0 Å². The molecule has 4 heterocycles. The summed E-state index contributed by atoms with van der Waals surface area (Å²) in [5, 5.41) is 27.3. The van der Waals surface area contributed by atoms with Crippen LogP contribution in [0.2, 0.25) is 0 Å². The topological polar surface area (TPSA) is 141 Å². The Balaban J connectivity index is 1.57. The predicted octanol–water partition coefficient (Wildman–Crippen LogP) is -1.78. The molecule has 34 heavy (non-hydrogen) atoms. The van der Waals surface area contributed by atoms with E-state index in [4.69, 9.17) is 9.47 Å². The molecule has 6 bridgehead atoms. The molecule has 0 saturated carbocycles. The molecule has 11 heteroatoms. The van der Waals surface area contributed by atoms with Gasteiger partial charge in [-0.25, -0.2) is 0 Å². The molecule has 4 saturated heterocycles. The van der Waals surface area contributed by atoms with E-state index in [-0.39, 0.29) is 61.2 Å². The second kappa shape index (κ2) is 10.1. The van der Waals surface area contributed by atoms with Crippen molar-refractivity contribution >= 4 is 17.7 Å².